The Balaban J connectivity index is 1.44. The molecule has 1 heterocycles. The molecule has 10 aromatic rings. The summed E-state index contributed by atoms with van der Waals surface area (Å²) >= 11 is 0. The highest BCUT2D eigenvalue weighted by Crippen LogP contribution is 2.48. The van der Waals surface area contributed by atoms with Gasteiger partial charge in [-0.25, -0.2) is 0 Å². The zero-order valence-electron chi connectivity index (χ0n) is 37.6. The highest BCUT2D eigenvalue weighted by Gasteiger charge is 2.21. The lowest BCUT2D eigenvalue weighted by Crippen LogP contribution is -1.91. The molecule has 0 aliphatic rings. The third-order valence-corrected chi connectivity index (χ3v) is 8.97. The van der Waals surface area contributed by atoms with Crippen LogP contribution in [0.1, 0.15) is 17.8 Å². The molecule has 0 unspecified atom stereocenters. The Bertz CT molecular complexity index is 3480. The van der Waals surface area contributed by atoms with Crippen molar-refractivity contribution in [2.24, 2.45) is 0 Å². The van der Waals surface area contributed by atoms with E-state index in [-0.39, 0.29) is 32.7 Å². The van der Waals surface area contributed by atoms with E-state index in [0.717, 1.165) is 32.7 Å². The average Bonchev–Trinajstić information content (AvgIpc) is 3.66. The van der Waals surface area contributed by atoms with Gasteiger partial charge in [0.25, 0.3) is 0 Å². The molecule has 1 heteroatoms. The van der Waals surface area contributed by atoms with Crippen molar-refractivity contribution in [2.45, 2.75) is 0 Å². The second-order valence-electron chi connectivity index (χ2n) is 11.4. The number of benzene rings is 9. The van der Waals surface area contributed by atoms with Gasteiger partial charge in [-0.1, -0.05) is 151 Å². The van der Waals surface area contributed by atoms with Gasteiger partial charge < -0.3 is 4.42 Å². The number of furan rings is 1. The largest absolute Gasteiger partial charge is 0.456 e. The Morgan fingerprint density at radius 3 is 1.64 bits per heavy atom. The first kappa shape index (κ1) is 16.4. The van der Waals surface area contributed by atoms with Crippen LogP contribution in [0, 0.1) is 0 Å². The highest BCUT2D eigenvalue weighted by molar-refractivity contribution is 6.27. The minimum Gasteiger partial charge on any atom is -0.456 e. The van der Waals surface area contributed by atoms with Crippen LogP contribution in [0.15, 0.2) is 174 Å². The summed E-state index contributed by atoms with van der Waals surface area (Å²) in [5, 5.41) is 4.55. The van der Waals surface area contributed by atoms with E-state index in [2.05, 4.69) is 30.3 Å². The molecular formula is C46H28O. The van der Waals surface area contributed by atoms with Gasteiger partial charge in [-0.2, -0.15) is 0 Å². The molecule has 0 N–H and O–H groups in total. The molecule has 0 saturated carbocycles. The molecule has 0 fully saturated rings. The Kier molecular flexibility index (Phi) is 3.55. The summed E-state index contributed by atoms with van der Waals surface area (Å²) < 4.78 is 123. The van der Waals surface area contributed by atoms with Gasteiger partial charge in [0.2, 0.25) is 0 Å². The number of hydrogen-bond acceptors (Lipinski definition) is 1. The van der Waals surface area contributed by atoms with Gasteiger partial charge in [-0.3, -0.25) is 0 Å². The van der Waals surface area contributed by atoms with Gasteiger partial charge in [-0.15, -0.1) is 0 Å². The lowest BCUT2D eigenvalue weighted by Gasteiger charge is -2.18. The van der Waals surface area contributed by atoms with Crippen molar-refractivity contribution in [2.75, 3.05) is 0 Å². The quantitative estimate of drug-likeness (QED) is 0.143. The SMILES string of the molecule is [2H]c1c([2H])c([2H])c(-c2c3c([2H])c([2H])c([2H])c([2H])c3c(-c3cccc4oc5cccc(-c6ccc7ccc8ccccc8c7c6)c5c34)c3c([2H])c([2H])c([2H])c([2H])c23)c([2H])c1[2H]. The zero-order chi connectivity index (χ0) is 42.2. The van der Waals surface area contributed by atoms with Crippen LogP contribution in [-0.2, 0) is 0 Å². The smallest absolute Gasteiger partial charge is 0.136 e. The molecule has 0 aliphatic heterocycles. The molecule has 218 valence electrons. The lowest BCUT2D eigenvalue weighted by atomic mass is 9.84. The summed E-state index contributed by atoms with van der Waals surface area (Å²) in [4.78, 5) is 0. The Morgan fingerprint density at radius 2 is 0.936 bits per heavy atom. The first-order valence-electron chi connectivity index (χ1n) is 21.6. The van der Waals surface area contributed by atoms with E-state index in [4.69, 9.17) is 16.8 Å². The second-order valence-corrected chi connectivity index (χ2v) is 11.4. The van der Waals surface area contributed by atoms with Gasteiger partial charge in [0, 0.05) is 10.8 Å². The van der Waals surface area contributed by atoms with Crippen molar-refractivity contribution in [1.82, 2.24) is 0 Å². The summed E-state index contributed by atoms with van der Waals surface area (Å²) in [5.74, 6) is 0. The van der Waals surface area contributed by atoms with E-state index in [9.17, 15) is 5.48 Å². The summed E-state index contributed by atoms with van der Waals surface area (Å²) in [6, 6.07) is 20.8. The van der Waals surface area contributed by atoms with Crippen LogP contribution < -0.4 is 0 Å². The summed E-state index contributed by atoms with van der Waals surface area (Å²) in [5.41, 5.74) is 2.13. The van der Waals surface area contributed by atoms with E-state index in [0.29, 0.717) is 27.5 Å². The Labute approximate surface area is 290 Å². The fourth-order valence-corrected chi connectivity index (χ4v) is 7.00. The standard InChI is InChI=1S/C46H28O/c1-2-13-31(14-3-1)43-35-16-6-8-18-37(35)44(38-19-9-7-17-36(38)43)39-21-11-23-42-46(39)45-34(20-10-22-41(45)47-42)32-27-26-30-25-24-29-12-4-5-15-33(29)40(30)28-32/h1-28H/i1D,2D,3D,6D,7D,8D,9D,13D,14D,16D,17D,18D,19D. The minimum absolute atomic E-state index is 0.0442. The molecular weight excluding hydrogens is 569 g/mol. The van der Waals surface area contributed by atoms with Crippen molar-refractivity contribution in [3.63, 3.8) is 0 Å². The summed E-state index contributed by atoms with van der Waals surface area (Å²) in [6.07, 6.45) is 0. The first-order chi connectivity index (χ1) is 28.7. The molecule has 1 aromatic heterocycles. The van der Waals surface area contributed by atoms with Gasteiger partial charge >= 0.3 is 0 Å². The van der Waals surface area contributed by atoms with Crippen molar-refractivity contribution < 1.29 is 22.2 Å². The zero-order valence-corrected chi connectivity index (χ0v) is 24.6. The Morgan fingerprint density at radius 1 is 0.383 bits per heavy atom. The normalized spacial score (nSPS) is 15.7. The first-order valence-corrected chi connectivity index (χ1v) is 15.1. The maximum atomic E-state index is 9.45. The number of fused-ring (bicyclic) bond motifs is 8. The van der Waals surface area contributed by atoms with Crippen LogP contribution in [0.25, 0.3) is 98.4 Å². The van der Waals surface area contributed by atoms with Crippen LogP contribution in [0.5, 0.6) is 0 Å². The van der Waals surface area contributed by atoms with Crippen molar-refractivity contribution in [3.05, 3.63) is 170 Å². The third-order valence-electron chi connectivity index (χ3n) is 8.97. The van der Waals surface area contributed by atoms with Gasteiger partial charge in [-0.05, 0) is 94.7 Å². The van der Waals surface area contributed by atoms with Gasteiger partial charge in [0.05, 0.1) is 17.8 Å². The summed E-state index contributed by atoms with van der Waals surface area (Å²) in [6.45, 7) is 0. The average molecular weight is 610 g/mol. The van der Waals surface area contributed by atoms with E-state index in [1.807, 2.05) is 42.5 Å². The van der Waals surface area contributed by atoms with Crippen molar-refractivity contribution in [3.8, 4) is 33.4 Å². The van der Waals surface area contributed by atoms with Crippen LogP contribution in [0.2, 0.25) is 0 Å². The predicted molar refractivity (Wildman–Crippen MR) is 200 cm³/mol. The molecule has 0 spiro atoms. The minimum atomic E-state index is -0.720. The van der Waals surface area contributed by atoms with Crippen molar-refractivity contribution >= 4 is 65.0 Å². The molecule has 47 heavy (non-hydrogen) atoms. The number of rotatable bonds is 3. The van der Waals surface area contributed by atoms with Crippen LogP contribution in [0.3, 0.4) is 0 Å². The molecule has 0 radical (unpaired) electrons. The highest BCUT2D eigenvalue weighted by atomic mass is 16.3. The lowest BCUT2D eigenvalue weighted by molar-refractivity contribution is 0.669. The van der Waals surface area contributed by atoms with Crippen LogP contribution >= 0.6 is 0 Å². The van der Waals surface area contributed by atoms with Gasteiger partial charge in [0.15, 0.2) is 0 Å². The molecule has 10 rings (SSSR count). The predicted octanol–water partition coefficient (Wildman–Crippen LogP) is 13.2. The monoisotopic (exact) mass is 609 g/mol. The Hall–Kier alpha value is -6.18. The maximum absolute atomic E-state index is 9.45. The molecule has 0 saturated heterocycles. The molecule has 0 atom stereocenters. The molecule has 0 amide bonds. The maximum Gasteiger partial charge on any atom is 0.136 e. The van der Waals surface area contributed by atoms with E-state index >= 15 is 0 Å². The number of hydrogen-bond donors (Lipinski definition) is 0. The molecule has 9 aromatic carbocycles. The second kappa shape index (κ2) is 10.2. The summed E-state index contributed by atoms with van der Waals surface area (Å²) in [7, 11) is 0. The van der Waals surface area contributed by atoms with Crippen molar-refractivity contribution in [1.29, 1.82) is 0 Å². The van der Waals surface area contributed by atoms with Crippen LogP contribution in [-0.4, -0.2) is 0 Å². The van der Waals surface area contributed by atoms with E-state index in [1.165, 1.54) is 0 Å². The topological polar surface area (TPSA) is 13.1 Å². The van der Waals surface area contributed by atoms with Gasteiger partial charge in [0.1, 0.15) is 11.2 Å². The third kappa shape index (κ3) is 3.90. The molecule has 1 nitrogen and oxygen atoms in total. The van der Waals surface area contributed by atoms with E-state index < -0.39 is 84.1 Å². The fourth-order valence-electron chi connectivity index (χ4n) is 7.00. The molecule has 0 bridgehead atoms. The molecule has 0 aliphatic carbocycles. The fraction of sp³-hybridized carbons (Fsp3) is 0. The van der Waals surface area contributed by atoms with E-state index in [1.54, 1.807) is 18.2 Å². The van der Waals surface area contributed by atoms with Crippen LogP contribution in [0.4, 0.5) is 0 Å².